The van der Waals surface area contributed by atoms with E-state index in [1.54, 1.807) is 12.4 Å². The highest BCUT2D eigenvalue weighted by Gasteiger charge is 2.26. The maximum absolute atomic E-state index is 12.9. The Hall–Kier alpha value is -3.42. The second-order valence-corrected chi connectivity index (χ2v) is 6.92. The SMILES string of the molecule is Cc1ccc(-c2ncco2)cc1NC(=O)N1CCCC(c2ccnc(N)n2)C1. The number of rotatable bonds is 3. The molecule has 0 aliphatic carbocycles. The number of aryl methyl sites for hydroxylation is 1. The van der Waals surface area contributed by atoms with Crippen LogP contribution in [-0.4, -0.2) is 39.0 Å². The molecular formula is C20H22N6O2. The van der Waals surface area contributed by atoms with Crippen LogP contribution in [0.5, 0.6) is 0 Å². The standard InChI is InChI=1S/C20H22N6O2/c1-13-4-5-14(18-22-8-10-28-18)11-17(13)25-20(27)26-9-2-3-15(12-26)16-6-7-23-19(21)24-16/h4-8,10-11,15H,2-3,9,12H2,1H3,(H,25,27)(H2,21,23,24). The molecule has 2 amide bonds. The summed E-state index contributed by atoms with van der Waals surface area (Å²) in [5, 5.41) is 3.03. The fraction of sp³-hybridized carbons (Fsp3) is 0.300. The molecule has 4 rings (SSSR count). The third-order valence-corrected chi connectivity index (χ3v) is 4.98. The third kappa shape index (κ3) is 3.80. The second kappa shape index (κ2) is 7.67. The molecule has 8 nitrogen and oxygen atoms in total. The highest BCUT2D eigenvalue weighted by atomic mass is 16.3. The number of nitrogen functional groups attached to an aromatic ring is 1. The van der Waals surface area contributed by atoms with Gasteiger partial charge in [0, 0.05) is 36.5 Å². The van der Waals surface area contributed by atoms with Gasteiger partial charge in [0.2, 0.25) is 11.8 Å². The van der Waals surface area contributed by atoms with E-state index in [1.807, 2.05) is 36.1 Å². The van der Waals surface area contributed by atoms with Crippen LogP contribution in [0.25, 0.3) is 11.5 Å². The Balaban J connectivity index is 1.48. The lowest BCUT2D eigenvalue weighted by atomic mass is 9.95. The van der Waals surface area contributed by atoms with E-state index >= 15 is 0 Å². The number of aromatic nitrogens is 3. The Morgan fingerprint density at radius 1 is 1.29 bits per heavy atom. The van der Waals surface area contributed by atoms with Gasteiger partial charge in [0.15, 0.2) is 0 Å². The molecule has 3 N–H and O–H groups in total. The zero-order chi connectivity index (χ0) is 19.5. The molecule has 144 valence electrons. The van der Waals surface area contributed by atoms with E-state index in [0.29, 0.717) is 19.0 Å². The summed E-state index contributed by atoms with van der Waals surface area (Å²) >= 11 is 0. The van der Waals surface area contributed by atoms with Crippen LogP contribution >= 0.6 is 0 Å². The molecule has 0 radical (unpaired) electrons. The number of piperidine rings is 1. The maximum atomic E-state index is 12.9. The number of hydrogen-bond acceptors (Lipinski definition) is 6. The van der Waals surface area contributed by atoms with E-state index in [-0.39, 0.29) is 17.9 Å². The van der Waals surface area contributed by atoms with Crippen molar-refractivity contribution in [2.45, 2.75) is 25.7 Å². The van der Waals surface area contributed by atoms with Crippen molar-refractivity contribution in [3.8, 4) is 11.5 Å². The van der Waals surface area contributed by atoms with E-state index in [0.717, 1.165) is 35.3 Å². The van der Waals surface area contributed by atoms with Crippen LogP contribution in [0.2, 0.25) is 0 Å². The number of carbonyl (C=O) groups excluding carboxylic acids is 1. The summed E-state index contributed by atoms with van der Waals surface area (Å²) in [6, 6.07) is 7.49. The number of hydrogen-bond donors (Lipinski definition) is 2. The zero-order valence-corrected chi connectivity index (χ0v) is 15.6. The Morgan fingerprint density at radius 2 is 2.18 bits per heavy atom. The number of oxazole rings is 1. The minimum atomic E-state index is -0.126. The number of nitrogens with two attached hydrogens (primary N) is 1. The van der Waals surface area contributed by atoms with Gasteiger partial charge in [0.1, 0.15) is 6.26 Å². The number of benzene rings is 1. The number of anilines is 2. The molecule has 1 aliphatic heterocycles. The van der Waals surface area contributed by atoms with E-state index in [2.05, 4.69) is 20.3 Å². The Morgan fingerprint density at radius 3 is 2.96 bits per heavy atom. The highest BCUT2D eigenvalue weighted by molar-refractivity contribution is 5.91. The van der Waals surface area contributed by atoms with Crippen molar-refractivity contribution in [1.82, 2.24) is 19.9 Å². The number of urea groups is 1. The number of nitrogens with one attached hydrogen (secondary N) is 1. The van der Waals surface area contributed by atoms with Gasteiger partial charge in [0.05, 0.1) is 11.9 Å². The molecule has 1 unspecified atom stereocenters. The Kier molecular flexibility index (Phi) is 4.92. The van der Waals surface area contributed by atoms with Crippen LogP contribution < -0.4 is 11.1 Å². The first-order valence-electron chi connectivity index (χ1n) is 9.25. The maximum Gasteiger partial charge on any atom is 0.321 e. The monoisotopic (exact) mass is 378 g/mol. The molecule has 1 saturated heterocycles. The van der Waals surface area contributed by atoms with Gasteiger partial charge < -0.3 is 20.4 Å². The van der Waals surface area contributed by atoms with Crippen molar-refractivity contribution in [2.24, 2.45) is 0 Å². The van der Waals surface area contributed by atoms with Crippen molar-refractivity contribution < 1.29 is 9.21 Å². The Labute approximate surface area is 162 Å². The summed E-state index contributed by atoms with van der Waals surface area (Å²) in [5.74, 6) is 0.942. The van der Waals surface area contributed by atoms with Gasteiger partial charge in [-0.3, -0.25) is 0 Å². The van der Waals surface area contributed by atoms with Crippen LogP contribution in [0.4, 0.5) is 16.4 Å². The van der Waals surface area contributed by atoms with Gasteiger partial charge in [-0.1, -0.05) is 6.07 Å². The van der Waals surface area contributed by atoms with Gasteiger partial charge in [0.25, 0.3) is 0 Å². The van der Waals surface area contributed by atoms with Gasteiger partial charge in [-0.05, 0) is 43.5 Å². The molecule has 28 heavy (non-hydrogen) atoms. The van der Waals surface area contributed by atoms with E-state index < -0.39 is 0 Å². The molecule has 1 atom stereocenters. The van der Waals surface area contributed by atoms with E-state index in [1.165, 1.54) is 6.26 Å². The zero-order valence-electron chi connectivity index (χ0n) is 15.6. The molecule has 2 aromatic heterocycles. The fourth-order valence-corrected chi connectivity index (χ4v) is 3.47. The topological polar surface area (TPSA) is 110 Å². The van der Waals surface area contributed by atoms with Gasteiger partial charge >= 0.3 is 6.03 Å². The molecule has 0 saturated carbocycles. The van der Waals surface area contributed by atoms with Crippen molar-refractivity contribution in [3.63, 3.8) is 0 Å². The predicted octanol–water partition coefficient (Wildman–Crippen LogP) is 3.43. The summed E-state index contributed by atoms with van der Waals surface area (Å²) in [5.41, 5.74) is 9.12. The van der Waals surface area contributed by atoms with E-state index in [9.17, 15) is 4.79 Å². The molecule has 1 aliphatic rings. The summed E-state index contributed by atoms with van der Waals surface area (Å²) in [7, 11) is 0. The lowest BCUT2D eigenvalue weighted by molar-refractivity contribution is 0.192. The van der Waals surface area contributed by atoms with Crippen LogP contribution in [0, 0.1) is 6.92 Å². The molecule has 3 aromatic rings. The van der Waals surface area contributed by atoms with Gasteiger partial charge in [-0.15, -0.1) is 0 Å². The molecule has 0 spiro atoms. The van der Waals surface area contributed by atoms with Crippen molar-refractivity contribution >= 4 is 17.7 Å². The van der Waals surface area contributed by atoms with E-state index in [4.69, 9.17) is 10.2 Å². The van der Waals surface area contributed by atoms with Crippen LogP contribution in [-0.2, 0) is 0 Å². The molecule has 1 aromatic carbocycles. The number of amides is 2. The molecular weight excluding hydrogens is 356 g/mol. The molecule has 8 heteroatoms. The normalized spacial score (nSPS) is 16.8. The highest BCUT2D eigenvalue weighted by Crippen LogP contribution is 2.28. The van der Waals surface area contributed by atoms with Crippen molar-refractivity contribution in [3.05, 3.63) is 54.2 Å². The summed E-state index contributed by atoms with van der Waals surface area (Å²) in [4.78, 5) is 27.1. The molecule has 1 fully saturated rings. The summed E-state index contributed by atoms with van der Waals surface area (Å²) in [6.45, 7) is 3.26. The largest absolute Gasteiger partial charge is 0.445 e. The van der Waals surface area contributed by atoms with Crippen molar-refractivity contribution in [1.29, 1.82) is 0 Å². The molecule has 3 heterocycles. The average molecular weight is 378 g/mol. The Bertz CT molecular complexity index is 973. The first-order valence-corrected chi connectivity index (χ1v) is 9.25. The number of likely N-dealkylation sites (tertiary alicyclic amines) is 1. The second-order valence-electron chi connectivity index (χ2n) is 6.92. The lowest BCUT2D eigenvalue weighted by Gasteiger charge is -2.32. The summed E-state index contributed by atoms with van der Waals surface area (Å²) in [6.07, 6.45) is 6.67. The first-order chi connectivity index (χ1) is 13.6. The predicted molar refractivity (Wildman–Crippen MR) is 106 cm³/mol. The smallest absolute Gasteiger partial charge is 0.321 e. The minimum Gasteiger partial charge on any atom is -0.445 e. The van der Waals surface area contributed by atoms with Gasteiger partial charge in [-0.2, -0.15) is 0 Å². The lowest BCUT2D eigenvalue weighted by Crippen LogP contribution is -2.41. The van der Waals surface area contributed by atoms with Crippen LogP contribution in [0.15, 0.2) is 47.3 Å². The minimum absolute atomic E-state index is 0.126. The average Bonchev–Trinajstić information content (AvgIpc) is 3.24. The number of carbonyl (C=O) groups is 1. The fourth-order valence-electron chi connectivity index (χ4n) is 3.47. The van der Waals surface area contributed by atoms with Crippen LogP contribution in [0.3, 0.4) is 0 Å². The summed E-state index contributed by atoms with van der Waals surface area (Å²) < 4.78 is 5.35. The number of nitrogens with zero attached hydrogens (tertiary/aromatic N) is 4. The molecule has 0 bridgehead atoms. The van der Waals surface area contributed by atoms with Gasteiger partial charge in [-0.25, -0.2) is 19.7 Å². The quantitative estimate of drug-likeness (QED) is 0.722. The third-order valence-electron chi connectivity index (χ3n) is 4.98. The van der Waals surface area contributed by atoms with Crippen LogP contribution in [0.1, 0.15) is 30.0 Å². The van der Waals surface area contributed by atoms with Crippen molar-refractivity contribution in [2.75, 3.05) is 24.1 Å². The first kappa shape index (κ1) is 18.0.